The second kappa shape index (κ2) is 9.97. The van der Waals surface area contributed by atoms with Gasteiger partial charge in [-0.3, -0.25) is 9.78 Å². The Hall–Kier alpha value is -2.33. The van der Waals surface area contributed by atoms with Crippen molar-refractivity contribution < 1.29 is 9.53 Å². The van der Waals surface area contributed by atoms with Gasteiger partial charge < -0.3 is 10.1 Å². The molecule has 0 bridgehead atoms. The summed E-state index contributed by atoms with van der Waals surface area (Å²) in [7, 11) is 0. The van der Waals surface area contributed by atoms with Crippen molar-refractivity contribution in [2.75, 3.05) is 0 Å². The zero-order valence-corrected chi connectivity index (χ0v) is 15.8. The number of nitrogens with zero attached hydrogens (tertiary/aromatic N) is 1. The molecule has 2 aromatic rings. The minimum absolute atomic E-state index is 0. The predicted octanol–water partition coefficient (Wildman–Crippen LogP) is 5.15. The van der Waals surface area contributed by atoms with E-state index in [0.717, 1.165) is 29.7 Å². The van der Waals surface area contributed by atoms with Gasteiger partial charge in [-0.15, -0.1) is 12.4 Å². The van der Waals surface area contributed by atoms with Gasteiger partial charge in [-0.05, 0) is 55.7 Å². The zero-order valence-electron chi connectivity index (χ0n) is 15.0. The smallest absolute Gasteiger partial charge is 0.247 e. The number of hydrogen-bond acceptors (Lipinski definition) is 3. The minimum atomic E-state index is 0. The number of rotatable bonds is 5. The number of ether oxygens (including phenoxy) is 1. The van der Waals surface area contributed by atoms with E-state index in [9.17, 15) is 4.79 Å². The number of nitrogens with one attached hydrogen (secondary N) is 1. The van der Waals surface area contributed by atoms with Crippen molar-refractivity contribution in [3.63, 3.8) is 0 Å². The van der Waals surface area contributed by atoms with Crippen LogP contribution in [0.4, 0.5) is 0 Å². The van der Waals surface area contributed by atoms with Crippen LogP contribution in [-0.4, -0.2) is 16.9 Å². The van der Waals surface area contributed by atoms with Crippen LogP contribution in [0.1, 0.15) is 44.6 Å². The number of pyridine rings is 1. The Kier molecular flexibility index (Phi) is 7.67. The Morgan fingerprint density at radius 1 is 1.12 bits per heavy atom. The van der Waals surface area contributed by atoms with Crippen LogP contribution >= 0.6 is 12.4 Å². The molecular weight excluding hydrogens is 348 g/mol. The maximum Gasteiger partial charge on any atom is 0.247 e. The Morgan fingerprint density at radius 2 is 1.85 bits per heavy atom. The lowest BCUT2D eigenvalue weighted by Crippen LogP contribution is -2.36. The summed E-state index contributed by atoms with van der Waals surface area (Å²) in [5.41, 5.74) is 1.71. The van der Waals surface area contributed by atoms with E-state index in [1.54, 1.807) is 12.4 Å². The van der Waals surface area contributed by atoms with Crippen LogP contribution in [0.25, 0.3) is 6.08 Å². The van der Waals surface area contributed by atoms with Crippen molar-refractivity contribution in [3.8, 4) is 11.5 Å². The van der Waals surface area contributed by atoms with E-state index < -0.39 is 0 Å². The average molecular weight is 373 g/mol. The number of benzene rings is 1. The molecule has 5 heteroatoms. The molecule has 1 saturated carbocycles. The van der Waals surface area contributed by atoms with E-state index >= 15 is 0 Å². The van der Waals surface area contributed by atoms with Gasteiger partial charge in [0.2, 0.25) is 5.91 Å². The van der Waals surface area contributed by atoms with Crippen LogP contribution in [0.15, 0.2) is 54.4 Å². The molecule has 1 aliphatic carbocycles. The fourth-order valence-electron chi connectivity index (χ4n) is 3.04. The van der Waals surface area contributed by atoms with E-state index in [1.807, 2.05) is 49.4 Å². The Bertz CT molecular complexity index is 723. The molecule has 0 radical (unpaired) electrons. The summed E-state index contributed by atoms with van der Waals surface area (Å²) in [6.07, 6.45) is 11.2. The van der Waals surface area contributed by atoms with Crippen LogP contribution in [-0.2, 0) is 4.79 Å². The number of carbonyl (C=O) groups excluding carboxylic acids is 1. The summed E-state index contributed by atoms with van der Waals surface area (Å²) in [5.74, 6) is 1.48. The summed E-state index contributed by atoms with van der Waals surface area (Å²) in [6.45, 7) is 1.86. The average Bonchev–Trinajstić information content (AvgIpc) is 2.65. The molecule has 0 aliphatic heterocycles. The molecule has 0 atom stereocenters. The zero-order chi connectivity index (χ0) is 17.5. The molecule has 26 heavy (non-hydrogen) atoms. The number of carbonyl (C=O) groups is 1. The van der Waals surface area contributed by atoms with Crippen molar-refractivity contribution in [2.24, 2.45) is 0 Å². The second-order valence-corrected chi connectivity index (χ2v) is 6.50. The van der Waals surface area contributed by atoms with Crippen LogP contribution in [0.3, 0.4) is 0 Å². The van der Waals surface area contributed by atoms with Crippen molar-refractivity contribution in [2.45, 2.75) is 45.1 Å². The molecule has 1 fully saturated rings. The monoisotopic (exact) mass is 372 g/mol. The van der Waals surface area contributed by atoms with Gasteiger partial charge in [0.1, 0.15) is 11.5 Å². The largest absolute Gasteiger partial charge is 0.456 e. The normalized spacial score (nSPS) is 15.0. The van der Waals surface area contributed by atoms with E-state index in [4.69, 9.17) is 4.74 Å². The molecular formula is C21H25ClN2O2. The Labute approximate surface area is 161 Å². The number of aromatic nitrogens is 1. The van der Waals surface area contributed by atoms with Crippen LogP contribution < -0.4 is 10.1 Å². The fourth-order valence-corrected chi connectivity index (χ4v) is 3.04. The van der Waals surface area contributed by atoms with Gasteiger partial charge in [-0.2, -0.15) is 0 Å². The maximum atomic E-state index is 12.3. The van der Waals surface area contributed by atoms with Gasteiger partial charge in [0.15, 0.2) is 0 Å². The third-order valence-corrected chi connectivity index (χ3v) is 4.43. The Balaban J connectivity index is 0.00000243. The van der Waals surface area contributed by atoms with Gasteiger partial charge >= 0.3 is 0 Å². The molecule has 3 rings (SSSR count). The lowest BCUT2D eigenvalue weighted by molar-refractivity contribution is -0.118. The van der Waals surface area contributed by atoms with Crippen molar-refractivity contribution >= 4 is 24.4 Å². The topological polar surface area (TPSA) is 51.2 Å². The van der Waals surface area contributed by atoms with Crippen LogP contribution in [0.2, 0.25) is 0 Å². The molecule has 1 amide bonds. The first-order valence-corrected chi connectivity index (χ1v) is 8.88. The first-order valence-electron chi connectivity index (χ1n) is 8.88. The summed E-state index contributed by atoms with van der Waals surface area (Å²) < 4.78 is 5.72. The van der Waals surface area contributed by atoms with Gasteiger partial charge in [-0.25, -0.2) is 0 Å². The molecule has 0 spiro atoms. The highest BCUT2D eigenvalue weighted by atomic mass is 35.5. The van der Waals surface area contributed by atoms with E-state index in [-0.39, 0.29) is 18.3 Å². The van der Waals surface area contributed by atoms with Crippen LogP contribution in [0, 0.1) is 0 Å². The molecule has 1 aromatic heterocycles. The molecule has 138 valence electrons. The van der Waals surface area contributed by atoms with Gasteiger partial charge in [0.25, 0.3) is 0 Å². The summed E-state index contributed by atoms with van der Waals surface area (Å²) in [6, 6.07) is 11.7. The number of halogens is 1. The van der Waals surface area contributed by atoms with Crippen molar-refractivity contribution in [1.29, 1.82) is 0 Å². The highest BCUT2D eigenvalue weighted by Gasteiger charge is 2.16. The SMILES string of the molecule is C/C(=C\c1ccc(Oc2cccnc2)cc1)C(=O)NC1CCCCC1.Cl. The number of amides is 1. The first kappa shape index (κ1) is 20.0. The van der Waals surface area contributed by atoms with Crippen LogP contribution in [0.5, 0.6) is 11.5 Å². The summed E-state index contributed by atoms with van der Waals surface area (Å²) in [5, 5.41) is 3.14. The molecule has 1 aromatic carbocycles. The summed E-state index contributed by atoms with van der Waals surface area (Å²) in [4.78, 5) is 16.3. The highest BCUT2D eigenvalue weighted by Crippen LogP contribution is 2.21. The quantitative estimate of drug-likeness (QED) is 0.738. The van der Waals surface area contributed by atoms with E-state index in [1.165, 1.54) is 19.3 Å². The van der Waals surface area contributed by atoms with Gasteiger partial charge in [0, 0.05) is 17.8 Å². The first-order chi connectivity index (χ1) is 12.2. The molecule has 1 aliphatic rings. The van der Waals surface area contributed by atoms with E-state index in [2.05, 4.69) is 10.3 Å². The molecule has 4 nitrogen and oxygen atoms in total. The van der Waals surface area contributed by atoms with Gasteiger partial charge in [-0.1, -0.05) is 31.4 Å². The fraction of sp³-hybridized carbons (Fsp3) is 0.333. The molecule has 0 saturated heterocycles. The molecule has 0 unspecified atom stereocenters. The van der Waals surface area contributed by atoms with Crippen molar-refractivity contribution in [1.82, 2.24) is 10.3 Å². The van der Waals surface area contributed by atoms with E-state index in [0.29, 0.717) is 11.8 Å². The summed E-state index contributed by atoms with van der Waals surface area (Å²) >= 11 is 0. The molecule has 1 N–H and O–H groups in total. The minimum Gasteiger partial charge on any atom is -0.456 e. The third kappa shape index (κ3) is 5.88. The molecule has 1 heterocycles. The van der Waals surface area contributed by atoms with Crippen molar-refractivity contribution in [3.05, 3.63) is 59.9 Å². The highest BCUT2D eigenvalue weighted by molar-refractivity contribution is 5.97. The van der Waals surface area contributed by atoms with Gasteiger partial charge in [0.05, 0.1) is 6.20 Å². The lowest BCUT2D eigenvalue weighted by atomic mass is 9.95. The predicted molar refractivity (Wildman–Crippen MR) is 107 cm³/mol. The third-order valence-electron chi connectivity index (χ3n) is 4.43. The lowest BCUT2D eigenvalue weighted by Gasteiger charge is -2.22. The standard InChI is InChI=1S/C21H24N2O2.ClH/c1-16(21(24)23-18-6-3-2-4-7-18)14-17-9-11-19(12-10-17)25-20-8-5-13-22-15-20;/h5,8-15,18H,2-4,6-7H2,1H3,(H,23,24);1H/b16-14+;. The number of hydrogen-bond donors (Lipinski definition) is 1. The Morgan fingerprint density at radius 3 is 2.50 bits per heavy atom. The maximum absolute atomic E-state index is 12.3. The second-order valence-electron chi connectivity index (χ2n) is 6.50.